The van der Waals surface area contributed by atoms with Crippen molar-refractivity contribution in [3.63, 3.8) is 0 Å². The molecule has 0 saturated carbocycles. The van der Waals surface area contributed by atoms with Crippen molar-refractivity contribution in [3.05, 3.63) is 70.9 Å². The first-order chi connectivity index (χ1) is 14.0. The number of rotatable bonds is 7. The van der Waals surface area contributed by atoms with Gasteiger partial charge in [-0.3, -0.25) is 4.79 Å². The lowest BCUT2D eigenvalue weighted by atomic mass is 10.0. The van der Waals surface area contributed by atoms with Crippen LogP contribution in [0.5, 0.6) is 5.75 Å². The molecule has 0 fully saturated rings. The number of fused-ring (bicyclic) bond motifs is 1. The normalized spacial score (nSPS) is 10.6. The van der Waals surface area contributed by atoms with Crippen LogP contribution in [0, 0.1) is 6.92 Å². The molecule has 1 heterocycles. The number of ether oxygens (including phenoxy) is 3. The van der Waals surface area contributed by atoms with Gasteiger partial charge in [0.1, 0.15) is 12.4 Å². The van der Waals surface area contributed by atoms with Crippen LogP contribution in [-0.2, 0) is 27.3 Å². The number of carbonyl (C=O) groups is 2. The van der Waals surface area contributed by atoms with E-state index in [-0.39, 0.29) is 25.6 Å². The summed E-state index contributed by atoms with van der Waals surface area (Å²) in [6.07, 6.45) is 0.204. The first-order valence-corrected chi connectivity index (χ1v) is 9.37. The average Bonchev–Trinajstić information content (AvgIpc) is 2.73. The molecule has 0 spiro atoms. The zero-order valence-corrected chi connectivity index (χ0v) is 16.7. The van der Waals surface area contributed by atoms with E-state index in [4.69, 9.17) is 9.47 Å². The Balaban J connectivity index is 1.86. The van der Waals surface area contributed by atoms with Crippen LogP contribution in [0.4, 0.5) is 0 Å². The number of benzene rings is 2. The summed E-state index contributed by atoms with van der Waals surface area (Å²) in [7, 11) is 1.36. The molecule has 0 aliphatic heterocycles. The molecule has 0 bridgehead atoms. The molecule has 0 aliphatic rings. The van der Waals surface area contributed by atoms with E-state index in [9.17, 15) is 9.59 Å². The lowest BCUT2D eigenvalue weighted by molar-refractivity contribution is -0.139. The van der Waals surface area contributed by atoms with Gasteiger partial charge in [0.25, 0.3) is 0 Å². The molecule has 150 valence electrons. The van der Waals surface area contributed by atoms with Crippen molar-refractivity contribution in [3.8, 4) is 5.75 Å². The monoisotopic (exact) mass is 393 g/mol. The Kier molecular flexibility index (Phi) is 6.44. The second kappa shape index (κ2) is 9.19. The molecule has 3 aromatic rings. The lowest BCUT2D eigenvalue weighted by Crippen LogP contribution is -2.14. The maximum absolute atomic E-state index is 12.6. The predicted octanol–water partition coefficient (Wildman–Crippen LogP) is 4.01. The van der Waals surface area contributed by atoms with Crippen molar-refractivity contribution in [1.29, 1.82) is 0 Å². The molecule has 6 heteroatoms. The van der Waals surface area contributed by atoms with Crippen molar-refractivity contribution in [1.82, 2.24) is 4.98 Å². The van der Waals surface area contributed by atoms with Crippen LogP contribution in [0.1, 0.15) is 34.1 Å². The number of carbonyl (C=O) groups excluding carboxylic acids is 2. The second-order valence-electron chi connectivity index (χ2n) is 6.48. The Bertz CT molecular complexity index is 1030. The zero-order valence-electron chi connectivity index (χ0n) is 16.7. The third-order valence-electron chi connectivity index (χ3n) is 4.58. The smallest absolute Gasteiger partial charge is 0.340 e. The predicted molar refractivity (Wildman–Crippen MR) is 109 cm³/mol. The molecule has 0 aliphatic carbocycles. The average molecular weight is 393 g/mol. The Hall–Kier alpha value is -3.41. The van der Waals surface area contributed by atoms with Crippen molar-refractivity contribution < 1.29 is 23.8 Å². The summed E-state index contributed by atoms with van der Waals surface area (Å²) in [5, 5.41) is 0.909. The minimum Gasteiger partial charge on any atom is -0.487 e. The van der Waals surface area contributed by atoms with E-state index in [0.29, 0.717) is 17.0 Å². The highest BCUT2D eigenvalue weighted by Gasteiger charge is 2.20. The standard InChI is InChI=1S/C23H23NO5/c1-4-28-23(26)22-15(2)18-7-5-6-8-19(18)24-20(22)14-29-17-11-9-16(10-12-17)13-21(25)27-3/h5-12H,4,13-14H2,1-3H3. The number of hydrogen-bond acceptors (Lipinski definition) is 6. The molecule has 0 unspecified atom stereocenters. The molecule has 0 atom stereocenters. The number of para-hydroxylation sites is 1. The first kappa shape index (κ1) is 20.3. The summed E-state index contributed by atoms with van der Waals surface area (Å²) >= 11 is 0. The number of pyridine rings is 1. The third kappa shape index (κ3) is 4.71. The first-order valence-electron chi connectivity index (χ1n) is 9.37. The maximum Gasteiger partial charge on any atom is 0.340 e. The summed E-state index contributed by atoms with van der Waals surface area (Å²) in [6, 6.07) is 14.8. The van der Waals surface area contributed by atoms with E-state index < -0.39 is 5.97 Å². The van der Waals surface area contributed by atoms with Gasteiger partial charge in [0.15, 0.2) is 0 Å². The molecular formula is C23H23NO5. The van der Waals surface area contributed by atoms with Crippen LogP contribution in [0.25, 0.3) is 10.9 Å². The van der Waals surface area contributed by atoms with Crippen LogP contribution >= 0.6 is 0 Å². The van der Waals surface area contributed by atoms with Gasteiger partial charge < -0.3 is 14.2 Å². The van der Waals surface area contributed by atoms with E-state index in [1.54, 1.807) is 31.2 Å². The number of nitrogens with zero attached hydrogens (tertiary/aromatic N) is 1. The molecule has 3 rings (SSSR count). The van der Waals surface area contributed by atoms with E-state index in [0.717, 1.165) is 22.0 Å². The Morgan fingerprint density at radius 3 is 2.45 bits per heavy atom. The zero-order chi connectivity index (χ0) is 20.8. The third-order valence-corrected chi connectivity index (χ3v) is 4.58. The molecular weight excluding hydrogens is 370 g/mol. The van der Waals surface area contributed by atoms with Gasteiger partial charge in [0.2, 0.25) is 0 Å². The highest BCUT2D eigenvalue weighted by atomic mass is 16.5. The minimum absolute atomic E-state index is 0.121. The van der Waals surface area contributed by atoms with Crippen molar-refractivity contribution in [2.24, 2.45) is 0 Å². The fourth-order valence-corrected chi connectivity index (χ4v) is 3.11. The van der Waals surface area contributed by atoms with Gasteiger partial charge in [-0.05, 0) is 43.2 Å². The van der Waals surface area contributed by atoms with Gasteiger partial charge in [0.05, 0.1) is 36.9 Å². The molecule has 1 aromatic heterocycles. The fraction of sp³-hybridized carbons (Fsp3) is 0.261. The quantitative estimate of drug-likeness (QED) is 0.565. The Morgan fingerprint density at radius 1 is 1.03 bits per heavy atom. The van der Waals surface area contributed by atoms with Gasteiger partial charge in [-0.2, -0.15) is 0 Å². The van der Waals surface area contributed by atoms with Gasteiger partial charge in [0, 0.05) is 5.39 Å². The summed E-state index contributed by atoms with van der Waals surface area (Å²) in [4.78, 5) is 28.6. The summed E-state index contributed by atoms with van der Waals surface area (Å²) in [6.45, 7) is 4.07. The van der Waals surface area contributed by atoms with Gasteiger partial charge in [-0.15, -0.1) is 0 Å². The number of aryl methyl sites for hydroxylation is 1. The van der Waals surface area contributed by atoms with Crippen molar-refractivity contribution in [2.45, 2.75) is 26.9 Å². The van der Waals surface area contributed by atoms with E-state index in [1.807, 2.05) is 31.2 Å². The summed E-state index contributed by atoms with van der Waals surface area (Å²) in [5.41, 5.74) is 3.41. The summed E-state index contributed by atoms with van der Waals surface area (Å²) in [5.74, 6) is -0.0927. The van der Waals surface area contributed by atoms with Crippen LogP contribution in [0.3, 0.4) is 0 Å². The van der Waals surface area contributed by atoms with Crippen LogP contribution < -0.4 is 4.74 Å². The second-order valence-corrected chi connectivity index (χ2v) is 6.48. The summed E-state index contributed by atoms with van der Waals surface area (Å²) < 4.78 is 15.8. The molecule has 2 aromatic carbocycles. The van der Waals surface area contributed by atoms with Gasteiger partial charge in [-0.1, -0.05) is 30.3 Å². The Morgan fingerprint density at radius 2 is 1.76 bits per heavy atom. The number of methoxy groups -OCH3 is 1. The lowest BCUT2D eigenvalue weighted by Gasteiger charge is -2.14. The van der Waals surface area contributed by atoms with E-state index >= 15 is 0 Å². The SMILES string of the molecule is CCOC(=O)c1c(COc2ccc(CC(=O)OC)cc2)nc2ccccc2c1C. The van der Waals surface area contributed by atoms with Crippen molar-refractivity contribution >= 4 is 22.8 Å². The molecule has 6 nitrogen and oxygen atoms in total. The molecule has 0 saturated heterocycles. The maximum atomic E-state index is 12.6. The molecule has 0 N–H and O–H groups in total. The Labute approximate surface area is 169 Å². The number of esters is 2. The highest BCUT2D eigenvalue weighted by Crippen LogP contribution is 2.25. The molecule has 0 radical (unpaired) electrons. The van der Waals surface area contributed by atoms with Gasteiger partial charge in [-0.25, -0.2) is 9.78 Å². The van der Waals surface area contributed by atoms with E-state index in [1.165, 1.54) is 7.11 Å². The van der Waals surface area contributed by atoms with E-state index in [2.05, 4.69) is 9.72 Å². The topological polar surface area (TPSA) is 74.7 Å². The van der Waals surface area contributed by atoms with Crippen molar-refractivity contribution in [2.75, 3.05) is 13.7 Å². The number of hydrogen-bond donors (Lipinski definition) is 0. The molecule has 29 heavy (non-hydrogen) atoms. The molecule has 0 amide bonds. The van der Waals surface area contributed by atoms with Crippen LogP contribution in [0.2, 0.25) is 0 Å². The van der Waals surface area contributed by atoms with Crippen LogP contribution in [-0.4, -0.2) is 30.6 Å². The highest BCUT2D eigenvalue weighted by molar-refractivity contribution is 5.98. The number of aromatic nitrogens is 1. The van der Waals surface area contributed by atoms with Gasteiger partial charge >= 0.3 is 11.9 Å². The largest absolute Gasteiger partial charge is 0.487 e. The fourth-order valence-electron chi connectivity index (χ4n) is 3.11. The minimum atomic E-state index is -0.407. The van der Waals surface area contributed by atoms with Crippen LogP contribution in [0.15, 0.2) is 48.5 Å².